The first-order chi connectivity index (χ1) is 10.2. The minimum atomic E-state index is -0.0248. The van der Waals surface area contributed by atoms with E-state index >= 15 is 0 Å². The van der Waals surface area contributed by atoms with Crippen LogP contribution in [0.2, 0.25) is 0 Å². The van der Waals surface area contributed by atoms with Crippen molar-refractivity contribution in [1.82, 2.24) is 15.1 Å². The largest absolute Gasteiger partial charge is 0.351 e. The van der Waals surface area contributed by atoms with E-state index in [-0.39, 0.29) is 43.2 Å². The van der Waals surface area contributed by atoms with Crippen LogP contribution >= 0.6 is 24.8 Å². The number of nitrogens with two attached hydrogens (primary N) is 1. The highest BCUT2D eigenvalue weighted by atomic mass is 35.5. The lowest BCUT2D eigenvalue weighted by molar-refractivity contribution is -0.131. The average molecular weight is 363 g/mol. The van der Waals surface area contributed by atoms with Gasteiger partial charge in [-0.3, -0.25) is 14.5 Å². The van der Waals surface area contributed by atoms with E-state index in [1.54, 1.807) is 4.90 Å². The molecular formula is C15H24Cl2N4O2. The Bertz CT molecular complexity index is 480. The molecule has 1 heterocycles. The number of amides is 2. The van der Waals surface area contributed by atoms with Gasteiger partial charge in [0.1, 0.15) is 0 Å². The number of carbonyl (C=O) groups excluding carboxylic acids is 2. The monoisotopic (exact) mass is 362 g/mol. The number of benzene rings is 1. The lowest BCUT2D eigenvalue weighted by atomic mass is 10.2. The van der Waals surface area contributed by atoms with Crippen molar-refractivity contribution in [2.45, 2.75) is 6.54 Å². The average Bonchev–Trinajstić information content (AvgIpc) is 2.54. The van der Waals surface area contributed by atoms with E-state index in [1.165, 1.54) is 0 Å². The van der Waals surface area contributed by atoms with Gasteiger partial charge in [-0.25, -0.2) is 0 Å². The molecule has 1 aromatic rings. The molecule has 0 radical (unpaired) electrons. The quantitative estimate of drug-likeness (QED) is 0.786. The minimum Gasteiger partial charge on any atom is -0.351 e. The molecule has 1 aromatic carbocycles. The van der Waals surface area contributed by atoms with Gasteiger partial charge in [0, 0.05) is 32.7 Å². The van der Waals surface area contributed by atoms with Gasteiger partial charge >= 0.3 is 0 Å². The van der Waals surface area contributed by atoms with Gasteiger partial charge in [-0.1, -0.05) is 30.3 Å². The van der Waals surface area contributed by atoms with E-state index in [2.05, 4.69) is 10.2 Å². The fourth-order valence-electron chi connectivity index (χ4n) is 2.34. The third-order valence-electron chi connectivity index (χ3n) is 3.60. The van der Waals surface area contributed by atoms with Gasteiger partial charge in [-0.05, 0) is 5.56 Å². The Morgan fingerprint density at radius 2 is 1.65 bits per heavy atom. The molecule has 0 aliphatic carbocycles. The molecular weight excluding hydrogens is 339 g/mol. The Hall–Kier alpha value is -1.34. The zero-order valence-corrected chi connectivity index (χ0v) is 14.6. The second kappa shape index (κ2) is 11.2. The second-order valence-electron chi connectivity index (χ2n) is 5.12. The van der Waals surface area contributed by atoms with Crippen LogP contribution in [0, 0.1) is 0 Å². The minimum absolute atomic E-state index is 0. The maximum Gasteiger partial charge on any atom is 0.236 e. The molecule has 8 heteroatoms. The van der Waals surface area contributed by atoms with Crippen LogP contribution in [0.15, 0.2) is 30.3 Å². The van der Waals surface area contributed by atoms with E-state index in [4.69, 9.17) is 5.73 Å². The topological polar surface area (TPSA) is 78.7 Å². The standard InChI is InChI=1S/C15H22N4O2.2ClH/c16-10-15(21)19-8-6-18(7-9-19)12-14(20)17-11-13-4-2-1-3-5-13;;/h1-5H,6-12,16H2,(H,17,20);2*1H. The Labute approximate surface area is 149 Å². The SMILES string of the molecule is Cl.Cl.NCC(=O)N1CCN(CC(=O)NCc2ccccc2)CC1. The summed E-state index contributed by atoms with van der Waals surface area (Å²) < 4.78 is 0. The van der Waals surface area contributed by atoms with E-state index in [1.807, 2.05) is 30.3 Å². The summed E-state index contributed by atoms with van der Waals surface area (Å²) in [4.78, 5) is 27.2. The van der Waals surface area contributed by atoms with Gasteiger partial charge in [0.15, 0.2) is 0 Å². The summed E-state index contributed by atoms with van der Waals surface area (Å²) in [6.07, 6.45) is 0. The van der Waals surface area contributed by atoms with E-state index in [9.17, 15) is 9.59 Å². The van der Waals surface area contributed by atoms with Crippen LogP contribution in [0.1, 0.15) is 5.56 Å². The molecule has 1 aliphatic rings. The summed E-state index contributed by atoms with van der Waals surface area (Å²) in [5, 5.41) is 2.91. The van der Waals surface area contributed by atoms with Gasteiger partial charge < -0.3 is 16.0 Å². The van der Waals surface area contributed by atoms with E-state index in [0.717, 1.165) is 5.56 Å². The molecule has 1 saturated heterocycles. The highest BCUT2D eigenvalue weighted by molar-refractivity contribution is 5.85. The Morgan fingerprint density at radius 3 is 2.22 bits per heavy atom. The molecule has 0 bridgehead atoms. The highest BCUT2D eigenvalue weighted by Crippen LogP contribution is 2.02. The number of hydrogen-bond donors (Lipinski definition) is 2. The number of halogens is 2. The molecule has 23 heavy (non-hydrogen) atoms. The molecule has 0 aromatic heterocycles. The summed E-state index contributed by atoms with van der Waals surface area (Å²) in [5.74, 6) is -0.0133. The number of piperazine rings is 1. The fourth-order valence-corrected chi connectivity index (χ4v) is 2.34. The first-order valence-electron chi connectivity index (χ1n) is 7.20. The van der Waals surface area contributed by atoms with Crippen molar-refractivity contribution in [2.75, 3.05) is 39.3 Å². The molecule has 0 unspecified atom stereocenters. The van der Waals surface area contributed by atoms with Crippen molar-refractivity contribution in [2.24, 2.45) is 5.73 Å². The zero-order valence-electron chi connectivity index (χ0n) is 12.9. The molecule has 1 aliphatic heterocycles. The van der Waals surface area contributed by atoms with Gasteiger partial charge in [0.2, 0.25) is 11.8 Å². The summed E-state index contributed by atoms with van der Waals surface area (Å²) in [6, 6.07) is 9.83. The third-order valence-corrected chi connectivity index (χ3v) is 3.60. The van der Waals surface area contributed by atoms with Crippen LogP contribution in [-0.4, -0.2) is 60.9 Å². The van der Waals surface area contributed by atoms with Crippen molar-refractivity contribution < 1.29 is 9.59 Å². The summed E-state index contributed by atoms with van der Waals surface area (Å²) in [6.45, 7) is 3.68. The molecule has 1 fully saturated rings. The van der Waals surface area contributed by atoms with Gasteiger partial charge in [0.05, 0.1) is 13.1 Å². The van der Waals surface area contributed by atoms with Crippen molar-refractivity contribution in [1.29, 1.82) is 0 Å². The number of nitrogens with one attached hydrogen (secondary N) is 1. The predicted molar refractivity (Wildman–Crippen MR) is 94.9 cm³/mol. The van der Waals surface area contributed by atoms with Crippen LogP contribution < -0.4 is 11.1 Å². The Kier molecular flexibility index (Phi) is 10.6. The van der Waals surface area contributed by atoms with Crippen molar-refractivity contribution in [3.05, 3.63) is 35.9 Å². The van der Waals surface area contributed by atoms with Crippen LogP contribution in [0.25, 0.3) is 0 Å². The van der Waals surface area contributed by atoms with Crippen LogP contribution in [-0.2, 0) is 16.1 Å². The van der Waals surface area contributed by atoms with Crippen LogP contribution in [0.5, 0.6) is 0 Å². The van der Waals surface area contributed by atoms with Crippen LogP contribution in [0.4, 0.5) is 0 Å². The molecule has 0 saturated carbocycles. The van der Waals surface area contributed by atoms with Crippen molar-refractivity contribution in [3.8, 4) is 0 Å². The molecule has 130 valence electrons. The van der Waals surface area contributed by atoms with E-state index < -0.39 is 0 Å². The number of hydrogen-bond acceptors (Lipinski definition) is 4. The molecule has 2 amide bonds. The number of carbonyl (C=O) groups is 2. The molecule has 3 N–H and O–H groups in total. The number of rotatable bonds is 5. The Balaban J connectivity index is 0.00000242. The van der Waals surface area contributed by atoms with Gasteiger partial charge in [-0.2, -0.15) is 0 Å². The normalized spacial score (nSPS) is 14.4. The predicted octanol–water partition coefficient (Wildman–Crippen LogP) is 0.249. The van der Waals surface area contributed by atoms with Crippen molar-refractivity contribution >= 4 is 36.6 Å². The van der Waals surface area contributed by atoms with Gasteiger partial charge in [0.25, 0.3) is 0 Å². The summed E-state index contributed by atoms with van der Waals surface area (Å²) in [5.41, 5.74) is 6.43. The maximum atomic E-state index is 11.9. The molecule has 0 atom stereocenters. The smallest absolute Gasteiger partial charge is 0.236 e. The Morgan fingerprint density at radius 1 is 1.04 bits per heavy atom. The molecule has 0 spiro atoms. The third kappa shape index (κ3) is 7.18. The second-order valence-corrected chi connectivity index (χ2v) is 5.12. The molecule has 2 rings (SSSR count). The number of nitrogens with zero attached hydrogens (tertiary/aromatic N) is 2. The van der Waals surface area contributed by atoms with Gasteiger partial charge in [-0.15, -0.1) is 24.8 Å². The summed E-state index contributed by atoms with van der Waals surface area (Å²) >= 11 is 0. The lowest BCUT2D eigenvalue weighted by Crippen LogP contribution is -2.52. The zero-order chi connectivity index (χ0) is 15.1. The van der Waals surface area contributed by atoms with E-state index in [0.29, 0.717) is 39.3 Å². The summed E-state index contributed by atoms with van der Waals surface area (Å²) in [7, 11) is 0. The van der Waals surface area contributed by atoms with Crippen molar-refractivity contribution in [3.63, 3.8) is 0 Å². The first kappa shape index (κ1) is 21.7. The highest BCUT2D eigenvalue weighted by Gasteiger charge is 2.21. The first-order valence-corrected chi connectivity index (χ1v) is 7.20. The lowest BCUT2D eigenvalue weighted by Gasteiger charge is -2.34. The van der Waals surface area contributed by atoms with Crippen LogP contribution in [0.3, 0.4) is 0 Å². The fraction of sp³-hybridized carbons (Fsp3) is 0.467. The molecule has 6 nitrogen and oxygen atoms in total. The maximum absolute atomic E-state index is 11.9.